The summed E-state index contributed by atoms with van der Waals surface area (Å²) in [5.74, 6) is -0.633. The lowest BCUT2D eigenvalue weighted by Crippen LogP contribution is -2.42. The minimum Gasteiger partial charge on any atom is -0.492 e. The molecule has 25 heavy (non-hydrogen) atoms. The van der Waals surface area contributed by atoms with E-state index in [1.165, 1.54) is 0 Å². The van der Waals surface area contributed by atoms with E-state index in [-0.39, 0.29) is 5.91 Å². The van der Waals surface area contributed by atoms with E-state index in [4.69, 9.17) is 14.2 Å². The average molecular weight is 339 g/mol. The molecule has 130 valence electrons. The van der Waals surface area contributed by atoms with Crippen LogP contribution in [0.4, 0.5) is 5.69 Å². The highest BCUT2D eigenvalue weighted by molar-refractivity contribution is 6.07. The predicted octanol–water partition coefficient (Wildman–Crippen LogP) is 2.93. The third-order valence-electron chi connectivity index (χ3n) is 4.66. The van der Waals surface area contributed by atoms with Gasteiger partial charge < -0.3 is 19.1 Å². The van der Waals surface area contributed by atoms with Gasteiger partial charge in [0.25, 0.3) is 11.7 Å². The Kier molecular flexibility index (Phi) is 3.98. The van der Waals surface area contributed by atoms with Gasteiger partial charge in [-0.2, -0.15) is 0 Å². The quantitative estimate of drug-likeness (QED) is 0.859. The molecule has 2 aromatic rings. The van der Waals surface area contributed by atoms with Crippen LogP contribution < -0.4 is 9.64 Å². The SMILES string of the molecule is Cc1cccc(OCCN2C(=O)C3(OCCO3)c3cccc(C)c32)c1. The van der Waals surface area contributed by atoms with Crippen molar-refractivity contribution in [2.24, 2.45) is 0 Å². The van der Waals surface area contributed by atoms with Gasteiger partial charge in [0.05, 0.1) is 25.4 Å². The molecule has 1 amide bonds. The number of anilines is 1. The Bertz CT molecular complexity index is 811. The fourth-order valence-corrected chi connectivity index (χ4v) is 3.54. The van der Waals surface area contributed by atoms with Gasteiger partial charge in [0, 0.05) is 5.56 Å². The van der Waals surface area contributed by atoms with E-state index < -0.39 is 5.79 Å². The van der Waals surface area contributed by atoms with E-state index in [9.17, 15) is 4.79 Å². The number of benzene rings is 2. The van der Waals surface area contributed by atoms with Crippen molar-refractivity contribution in [2.45, 2.75) is 19.6 Å². The zero-order valence-corrected chi connectivity index (χ0v) is 14.5. The zero-order valence-electron chi connectivity index (χ0n) is 14.5. The predicted molar refractivity (Wildman–Crippen MR) is 93.8 cm³/mol. The molecule has 0 atom stereocenters. The van der Waals surface area contributed by atoms with Crippen molar-refractivity contribution in [2.75, 3.05) is 31.3 Å². The van der Waals surface area contributed by atoms with E-state index in [1.807, 2.05) is 56.3 Å². The zero-order chi connectivity index (χ0) is 17.4. The van der Waals surface area contributed by atoms with Gasteiger partial charge in [0.2, 0.25) is 0 Å². The fourth-order valence-electron chi connectivity index (χ4n) is 3.54. The van der Waals surface area contributed by atoms with Crippen LogP contribution in [0.1, 0.15) is 16.7 Å². The molecule has 4 rings (SSSR count). The lowest BCUT2D eigenvalue weighted by atomic mass is 10.0. The number of amides is 1. The number of aryl methyl sites for hydroxylation is 2. The first-order chi connectivity index (χ1) is 12.1. The van der Waals surface area contributed by atoms with Crippen LogP contribution in [-0.4, -0.2) is 32.3 Å². The van der Waals surface area contributed by atoms with Crippen LogP contribution in [0.3, 0.4) is 0 Å². The maximum absolute atomic E-state index is 13.1. The molecule has 2 aliphatic heterocycles. The minimum atomic E-state index is -1.27. The van der Waals surface area contributed by atoms with Crippen molar-refractivity contribution in [3.05, 3.63) is 59.2 Å². The first-order valence-electron chi connectivity index (χ1n) is 8.51. The number of para-hydroxylation sites is 1. The van der Waals surface area contributed by atoms with E-state index in [0.29, 0.717) is 26.4 Å². The summed E-state index contributed by atoms with van der Waals surface area (Å²) in [7, 11) is 0. The molecule has 5 heteroatoms. The standard InChI is InChI=1S/C20H21NO4/c1-14-5-3-7-16(13-14)23-10-9-21-18-15(2)6-4-8-17(18)20(19(21)22)24-11-12-25-20/h3-8,13H,9-12H2,1-2H3. The minimum absolute atomic E-state index is 0.165. The number of hydrogen-bond acceptors (Lipinski definition) is 4. The number of ether oxygens (including phenoxy) is 3. The molecule has 0 bridgehead atoms. The molecule has 1 fully saturated rings. The van der Waals surface area contributed by atoms with Crippen LogP contribution in [0.5, 0.6) is 5.75 Å². The first-order valence-corrected chi connectivity index (χ1v) is 8.51. The van der Waals surface area contributed by atoms with E-state index >= 15 is 0 Å². The number of fused-ring (bicyclic) bond motifs is 2. The van der Waals surface area contributed by atoms with Crippen molar-refractivity contribution in [3.8, 4) is 5.75 Å². The van der Waals surface area contributed by atoms with Crippen LogP contribution in [0.15, 0.2) is 42.5 Å². The smallest absolute Gasteiger partial charge is 0.292 e. The normalized spacial score (nSPS) is 18.0. The van der Waals surface area contributed by atoms with Gasteiger partial charge in [-0.25, -0.2) is 0 Å². The van der Waals surface area contributed by atoms with Gasteiger partial charge in [-0.3, -0.25) is 4.79 Å². The van der Waals surface area contributed by atoms with Crippen LogP contribution in [0.25, 0.3) is 0 Å². The second-order valence-electron chi connectivity index (χ2n) is 6.41. The summed E-state index contributed by atoms with van der Waals surface area (Å²) < 4.78 is 17.3. The van der Waals surface area contributed by atoms with Crippen molar-refractivity contribution in [1.82, 2.24) is 0 Å². The Morgan fingerprint density at radius 2 is 1.88 bits per heavy atom. The van der Waals surface area contributed by atoms with Crippen LogP contribution in [-0.2, 0) is 20.1 Å². The molecule has 0 aromatic heterocycles. The Hall–Kier alpha value is -2.37. The topological polar surface area (TPSA) is 48.0 Å². The summed E-state index contributed by atoms with van der Waals surface area (Å²) in [4.78, 5) is 14.8. The maximum Gasteiger partial charge on any atom is 0.292 e. The third-order valence-corrected chi connectivity index (χ3v) is 4.66. The highest BCUT2D eigenvalue weighted by Crippen LogP contribution is 2.46. The van der Waals surface area contributed by atoms with E-state index in [0.717, 1.165) is 28.1 Å². The third kappa shape index (κ3) is 2.60. The van der Waals surface area contributed by atoms with Crippen LogP contribution in [0, 0.1) is 13.8 Å². The molecule has 0 radical (unpaired) electrons. The number of hydrogen-bond donors (Lipinski definition) is 0. The van der Waals surface area contributed by atoms with Gasteiger partial charge in [-0.15, -0.1) is 0 Å². The molecule has 1 spiro atoms. The molecule has 5 nitrogen and oxygen atoms in total. The number of carbonyl (C=O) groups excluding carboxylic acids is 1. The molecule has 2 aliphatic rings. The van der Waals surface area contributed by atoms with Crippen molar-refractivity contribution < 1.29 is 19.0 Å². The van der Waals surface area contributed by atoms with E-state index in [1.54, 1.807) is 4.90 Å². The second kappa shape index (κ2) is 6.17. The number of carbonyl (C=O) groups is 1. The maximum atomic E-state index is 13.1. The summed E-state index contributed by atoms with van der Waals surface area (Å²) in [6, 6.07) is 13.7. The van der Waals surface area contributed by atoms with Crippen molar-refractivity contribution in [1.29, 1.82) is 0 Å². The molecule has 2 heterocycles. The molecular formula is C20H21NO4. The summed E-state index contributed by atoms with van der Waals surface area (Å²) in [6.45, 7) is 5.71. The molecule has 0 aliphatic carbocycles. The molecule has 2 aromatic carbocycles. The van der Waals surface area contributed by atoms with Gasteiger partial charge >= 0.3 is 0 Å². The van der Waals surface area contributed by atoms with Gasteiger partial charge in [-0.1, -0.05) is 30.3 Å². The van der Waals surface area contributed by atoms with Crippen LogP contribution in [0.2, 0.25) is 0 Å². The summed E-state index contributed by atoms with van der Waals surface area (Å²) in [6.07, 6.45) is 0. The van der Waals surface area contributed by atoms with Gasteiger partial charge in [0.15, 0.2) is 0 Å². The summed E-state index contributed by atoms with van der Waals surface area (Å²) >= 11 is 0. The summed E-state index contributed by atoms with van der Waals surface area (Å²) in [5, 5.41) is 0. The monoisotopic (exact) mass is 339 g/mol. The molecule has 0 saturated carbocycles. The molecule has 0 unspecified atom stereocenters. The molecule has 1 saturated heterocycles. The Morgan fingerprint density at radius 1 is 1.12 bits per heavy atom. The van der Waals surface area contributed by atoms with Crippen LogP contribution >= 0.6 is 0 Å². The number of nitrogens with zero attached hydrogens (tertiary/aromatic N) is 1. The highest BCUT2D eigenvalue weighted by atomic mass is 16.7. The Labute approximate surface area is 147 Å². The van der Waals surface area contributed by atoms with Gasteiger partial charge in [-0.05, 0) is 37.1 Å². The lowest BCUT2D eigenvalue weighted by Gasteiger charge is -2.22. The molecular weight excluding hydrogens is 318 g/mol. The molecule has 0 N–H and O–H groups in total. The van der Waals surface area contributed by atoms with Crippen molar-refractivity contribution in [3.63, 3.8) is 0 Å². The highest BCUT2D eigenvalue weighted by Gasteiger charge is 2.56. The van der Waals surface area contributed by atoms with Crippen molar-refractivity contribution >= 4 is 11.6 Å². The van der Waals surface area contributed by atoms with Gasteiger partial charge in [0.1, 0.15) is 12.4 Å². The number of rotatable bonds is 4. The lowest BCUT2D eigenvalue weighted by molar-refractivity contribution is -0.180. The fraction of sp³-hybridized carbons (Fsp3) is 0.350. The Morgan fingerprint density at radius 3 is 2.64 bits per heavy atom. The first kappa shape index (κ1) is 16.1. The largest absolute Gasteiger partial charge is 0.492 e. The summed E-state index contributed by atoms with van der Waals surface area (Å²) in [5.41, 5.74) is 3.84. The van der Waals surface area contributed by atoms with E-state index in [2.05, 4.69) is 0 Å². The Balaban J connectivity index is 1.57. The average Bonchev–Trinajstić information content (AvgIpc) is 3.17. The second-order valence-corrected chi connectivity index (χ2v) is 6.41.